The molecule has 0 saturated carbocycles. The quantitative estimate of drug-likeness (QED) is 0.324. The van der Waals surface area contributed by atoms with Crippen molar-refractivity contribution >= 4 is 5.84 Å². The van der Waals surface area contributed by atoms with Crippen LogP contribution in [-0.2, 0) is 9.47 Å². The summed E-state index contributed by atoms with van der Waals surface area (Å²) in [5.74, 6) is 1.37. The molecule has 1 rings (SSSR count). The smallest absolute Gasteiger partial charge is 0.145 e. The molecule has 1 heterocycles. The first-order chi connectivity index (χ1) is 7.22. The van der Waals surface area contributed by atoms with Crippen molar-refractivity contribution in [3.05, 3.63) is 24.1 Å². The molecule has 0 aliphatic carbocycles. The monoisotopic (exact) mass is 210 g/mol. The van der Waals surface area contributed by atoms with Crippen LogP contribution in [0.2, 0.25) is 0 Å². The van der Waals surface area contributed by atoms with Gasteiger partial charge < -0.3 is 15.2 Å². The standard InChI is InChI=1S/C11H18N2O2/c1-3-4-10(5-6-13-9(2)12)15-11-7-14-8-11/h4-6,11H,3,7-8H2,1-2H3,(H2,12,13)/b6-5-,10-4-. The van der Waals surface area contributed by atoms with Crippen molar-refractivity contribution in [2.45, 2.75) is 26.4 Å². The first-order valence-electron chi connectivity index (χ1n) is 5.13. The van der Waals surface area contributed by atoms with Crippen molar-refractivity contribution in [2.75, 3.05) is 13.2 Å². The van der Waals surface area contributed by atoms with Crippen LogP contribution in [0, 0.1) is 0 Å². The molecule has 0 aromatic rings. The topological polar surface area (TPSA) is 56.8 Å². The highest BCUT2D eigenvalue weighted by molar-refractivity contribution is 5.77. The van der Waals surface area contributed by atoms with Gasteiger partial charge in [0.25, 0.3) is 0 Å². The molecule has 0 spiro atoms. The van der Waals surface area contributed by atoms with E-state index >= 15 is 0 Å². The Morgan fingerprint density at radius 1 is 1.60 bits per heavy atom. The predicted octanol–water partition coefficient (Wildman–Crippen LogP) is 1.59. The number of ether oxygens (including phenoxy) is 2. The fraction of sp³-hybridized carbons (Fsp3) is 0.545. The van der Waals surface area contributed by atoms with Crippen LogP contribution in [-0.4, -0.2) is 25.2 Å². The summed E-state index contributed by atoms with van der Waals surface area (Å²) in [5, 5.41) is 0. The Balaban J connectivity index is 2.46. The van der Waals surface area contributed by atoms with E-state index in [1.54, 1.807) is 13.1 Å². The third kappa shape index (κ3) is 4.65. The Hall–Kier alpha value is -1.29. The van der Waals surface area contributed by atoms with E-state index in [0.29, 0.717) is 19.0 Å². The molecular formula is C11H18N2O2. The zero-order valence-corrected chi connectivity index (χ0v) is 9.27. The number of amidine groups is 1. The Morgan fingerprint density at radius 3 is 2.80 bits per heavy atom. The molecule has 2 N–H and O–H groups in total. The summed E-state index contributed by atoms with van der Waals surface area (Å²) < 4.78 is 10.7. The maximum atomic E-state index is 5.65. The Labute approximate surface area is 90.5 Å². The van der Waals surface area contributed by atoms with Crippen LogP contribution in [0.15, 0.2) is 29.1 Å². The van der Waals surface area contributed by atoms with Gasteiger partial charge in [0.15, 0.2) is 0 Å². The molecule has 84 valence electrons. The summed E-state index contributed by atoms with van der Waals surface area (Å²) in [6, 6.07) is 0. The van der Waals surface area contributed by atoms with E-state index in [9.17, 15) is 0 Å². The van der Waals surface area contributed by atoms with Crippen molar-refractivity contribution in [1.82, 2.24) is 0 Å². The lowest BCUT2D eigenvalue weighted by Crippen LogP contribution is -2.35. The van der Waals surface area contributed by atoms with Gasteiger partial charge in [-0.2, -0.15) is 0 Å². The Kier molecular flexibility index (Phi) is 4.90. The van der Waals surface area contributed by atoms with Gasteiger partial charge >= 0.3 is 0 Å². The van der Waals surface area contributed by atoms with Gasteiger partial charge in [0, 0.05) is 6.20 Å². The molecule has 0 unspecified atom stereocenters. The highest BCUT2D eigenvalue weighted by atomic mass is 16.6. The normalized spacial score (nSPS) is 19.3. The van der Waals surface area contributed by atoms with Crippen molar-refractivity contribution < 1.29 is 9.47 Å². The molecule has 15 heavy (non-hydrogen) atoms. The van der Waals surface area contributed by atoms with E-state index in [0.717, 1.165) is 12.2 Å². The predicted molar refractivity (Wildman–Crippen MR) is 60.5 cm³/mol. The molecule has 0 bridgehead atoms. The fourth-order valence-corrected chi connectivity index (χ4v) is 1.06. The molecule has 1 aliphatic heterocycles. The molecule has 1 fully saturated rings. The van der Waals surface area contributed by atoms with Crippen LogP contribution in [0.25, 0.3) is 0 Å². The van der Waals surface area contributed by atoms with Crippen LogP contribution < -0.4 is 5.73 Å². The summed E-state index contributed by atoms with van der Waals surface area (Å²) in [4.78, 5) is 3.96. The molecule has 4 heteroatoms. The van der Waals surface area contributed by atoms with Crippen molar-refractivity contribution in [1.29, 1.82) is 0 Å². The molecule has 0 atom stereocenters. The second-order valence-corrected chi connectivity index (χ2v) is 3.38. The van der Waals surface area contributed by atoms with Crippen LogP contribution in [0.1, 0.15) is 20.3 Å². The maximum Gasteiger partial charge on any atom is 0.145 e. The number of allylic oxidation sites excluding steroid dienone is 2. The van der Waals surface area contributed by atoms with Crippen LogP contribution >= 0.6 is 0 Å². The Morgan fingerprint density at radius 2 is 2.33 bits per heavy atom. The molecule has 0 aromatic heterocycles. The van der Waals surface area contributed by atoms with Gasteiger partial charge in [0.1, 0.15) is 11.9 Å². The van der Waals surface area contributed by atoms with Gasteiger partial charge in [-0.25, -0.2) is 4.99 Å². The molecule has 1 saturated heterocycles. The van der Waals surface area contributed by atoms with Crippen molar-refractivity contribution in [3.63, 3.8) is 0 Å². The highest BCUT2D eigenvalue weighted by Gasteiger charge is 2.19. The lowest BCUT2D eigenvalue weighted by atomic mass is 10.3. The first-order valence-corrected chi connectivity index (χ1v) is 5.13. The molecular weight excluding hydrogens is 192 g/mol. The van der Waals surface area contributed by atoms with E-state index in [-0.39, 0.29) is 6.10 Å². The molecule has 4 nitrogen and oxygen atoms in total. The molecule has 1 aliphatic rings. The minimum atomic E-state index is 0.190. The number of hydrogen-bond donors (Lipinski definition) is 1. The van der Waals surface area contributed by atoms with E-state index in [1.807, 2.05) is 12.2 Å². The van der Waals surface area contributed by atoms with E-state index in [2.05, 4.69) is 11.9 Å². The average Bonchev–Trinajstić information content (AvgIpc) is 2.10. The van der Waals surface area contributed by atoms with Gasteiger partial charge in [-0.15, -0.1) is 0 Å². The molecule has 0 aromatic carbocycles. The summed E-state index contributed by atoms with van der Waals surface area (Å²) in [6.07, 6.45) is 6.60. The van der Waals surface area contributed by atoms with Crippen LogP contribution in [0.3, 0.4) is 0 Å². The number of nitrogens with zero attached hydrogens (tertiary/aromatic N) is 1. The third-order valence-corrected chi connectivity index (χ3v) is 1.83. The van der Waals surface area contributed by atoms with Crippen molar-refractivity contribution in [3.8, 4) is 0 Å². The average molecular weight is 210 g/mol. The Bertz CT molecular complexity index is 274. The van der Waals surface area contributed by atoms with E-state index in [1.165, 1.54) is 0 Å². The van der Waals surface area contributed by atoms with Gasteiger partial charge in [-0.05, 0) is 25.5 Å². The summed E-state index contributed by atoms with van der Waals surface area (Å²) >= 11 is 0. The summed E-state index contributed by atoms with van der Waals surface area (Å²) in [5.41, 5.74) is 5.41. The first kappa shape index (κ1) is 11.8. The minimum absolute atomic E-state index is 0.190. The zero-order chi connectivity index (χ0) is 11.1. The maximum absolute atomic E-state index is 5.65. The number of nitrogens with two attached hydrogens (primary N) is 1. The fourth-order valence-electron chi connectivity index (χ4n) is 1.06. The van der Waals surface area contributed by atoms with Gasteiger partial charge in [0.05, 0.1) is 19.0 Å². The summed E-state index contributed by atoms with van der Waals surface area (Å²) in [7, 11) is 0. The number of hydrogen-bond acceptors (Lipinski definition) is 3. The van der Waals surface area contributed by atoms with Gasteiger partial charge in [-0.3, -0.25) is 0 Å². The summed E-state index contributed by atoms with van der Waals surface area (Å²) in [6.45, 7) is 5.16. The largest absolute Gasteiger partial charge is 0.486 e. The van der Waals surface area contributed by atoms with Gasteiger partial charge in [-0.1, -0.05) is 6.92 Å². The molecule has 0 amide bonds. The zero-order valence-electron chi connectivity index (χ0n) is 9.27. The van der Waals surface area contributed by atoms with Crippen LogP contribution in [0.4, 0.5) is 0 Å². The third-order valence-electron chi connectivity index (χ3n) is 1.83. The van der Waals surface area contributed by atoms with E-state index in [4.69, 9.17) is 15.2 Å². The van der Waals surface area contributed by atoms with Crippen molar-refractivity contribution in [2.24, 2.45) is 10.7 Å². The second kappa shape index (κ2) is 6.24. The van der Waals surface area contributed by atoms with Crippen LogP contribution in [0.5, 0.6) is 0 Å². The lowest BCUT2D eigenvalue weighted by molar-refractivity contribution is -0.105. The van der Waals surface area contributed by atoms with Gasteiger partial charge in [0.2, 0.25) is 0 Å². The SMILES string of the molecule is CC/C=C(/C=C\N=C(C)N)OC1COC1. The second-order valence-electron chi connectivity index (χ2n) is 3.38. The molecule has 0 radical (unpaired) electrons. The van der Waals surface area contributed by atoms with E-state index < -0.39 is 0 Å². The number of rotatable bonds is 5. The highest BCUT2D eigenvalue weighted by Crippen LogP contribution is 2.12. The lowest BCUT2D eigenvalue weighted by Gasteiger charge is -2.27. The minimum Gasteiger partial charge on any atom is -0.486 e. The number of aliphatic imine (C=N–C) groups is 1.